The second-order valence-electron chi connectivity index (χ2n) is 6.52. The second kappa shape index (κ2) is 9.53. The number of azo groups is 2. The van der Waals surface area contributed by atoms with Crippen LogP contribution in [0.1, 0.15) is 30.9 Å². The van der Waals surface area contributed by atoms with Gasteiger partial charge in [-0.25, -0.2) is 0 Å². The van der Waals surface area contributed by atoms with E-state index in [9.17, 15) is 0 Å². The van der Waals surface area contributed by atoms with E-state index >= 15 is 0 Å². The van der Waals surface area contributed by atoms with Gasteiger partial charge in [0, 0.05) is 0 Å². The third kappa shape index (κ3) is 5.96. The lowest BCUT2D eigenvalue weighted by molar-refractivity contribution is 0.795. The number of unbranched alkanes of at least 4 members (excludes halogenated alkanes) is 1. The van der Waals surface area contributed by atoms with Crippen molar-refractivity contribution in [3.8, 4) is 0 Å². The Morgan fingerprint density at radius 2 is 0.926 bits per heavy atom. The molecule has 4 heteroatoms. The molecule has 0 atom stereocenters. The van der Waals surface area contributed by atoms with E-state index in [0.29, 0.717) is 0 Å². The van der Waals surface area contributed by atoms with Gasteiger partial charge in [0.25, 0.3) is 0 Å². The summed E-state index contributed by atoms with van der Waals surface area (Å²) >= 11 is 0. The summed E-state index contributed by atoms with van der Waals surface area (Å²) in [6, 6.07) is 23.8. The van der Waals surface area contributed by atoms with Gasteiger partial charge in [0.1, 0.15) is 0 Å². The van der Waals surface area contributed by atoms with Crippen molar-refractivity contribution in [1.29, 1.82) is 0 Å². The molecule has 0 fully saturated rings. The van der Waals surface area contributed by atoms with Gasteiger partial charge in [-0.1, -0.05) is 43.2 Å². The lowest BCUT2D eigenvalue weighted by Crippen LogP contribution is -1.82. The molecule has 0 radical (unpaired) electrons. The summed E-state index contributed by atoms with van der Waals surface area (Å²) in [4.78, 5) is 0. The van der Waals surface area contributed by atoms with Crippen LogP contribution in [0.3, 0.4) is 0 Å². The lowest BCUT2D eigenvalue weighted by atomic mass is 10.1. The molecule has 27 heavy (non-hydrogen) atoms. The third-order valence-electron chi connectivity index (χ3n) is 4.20. The van der Waals surface area contributed by atoms with Gasteiger partial charge in [-0.2, -0.15) is 20.5 Å². The van der Waals surface area contributed by atoms with Crippen molar-refractivity contribution < 1.29 is 0 Å². The molecular weight excluding hydrogens is 332 g/mol. The van der Waals surface area contributed by atoms with Crippen molar-refractivity contribution in [2.75, 3.05) is 0 Å². The zero-order valence-corrected chi connectivity index (χ0v) is 15.8. The van der Waals surface area contributed by atoms with Gasteiger partial charge < -0.3 is 0 Å². The average Bonchev–Trinajstić information content (AvgIpc) is 2.72. The van der Waals surface area contributed by atoms with Crippen LogP contribution in [-0.2, 0) is 6.42 Å². The topological polar surface area (TPSA) is 49.4 Å². The first-order valence-corrected chi connectivity index (χ1v) is 9.32. The number of rotatable bonds is 7. The first-order valence-electron chi connectivity index (χ1n) is 9.32. The Labute approximate surface area is 160 Å². The quantitative estimate of drug-likeness (QED) is 0.383. The second-order valence-corrected chi connectivity index (χ2v) is 6.52. The summed E-state index contributed by atoms with van der Waals surface area (Å²) in [5, 5.41) is 17.1. The van der Waals surface area contributed by atoms with Crippen LogP contribution in [0.4, 0.5) is 22.7 Å². The Morgan fingerprint density at radius 1 is 0.556 bits per heavy atom. The van der Waals surface area contributed by atoms with Crippen LogP contribution in [0.25, 0.3) is 0 Å². The number of hydrogen-bond donors (Lipinski definition) is 0. The highest BCUT2D eigenvalue weighted by Crippen LogP contribution is 2.23. The molecule has 0 unspecified atom stereocenters. The Kier molecular flexibility index (Phi) is 6.58. The van der Waals surface area contributed by atoms with Gasteiger partial charge in [-0.3, -0.25) is 0 Å². The fourth-order valence-corrected chi connectivity index (χ4v) is 2.54. The van der Waals surface area contributed by atoms with Crippen LogP contribution in [0.5, 0.6) is 0 Å². The zero-order chi connectivity index (χ0) is 18.9. The van der Waals surface area contributed by atoms with E-state index in [1.54, 1.807) is 0 Å². The third-order valence-corrected chi connectivity index (χ3v) is 4.20. The number of hydrogen-bond acceptors (Lipinski definition) is 4. The molecule has 136 valence electrons. The summed E-state index contributed by atoms with van der Waals surface area (Å²) < 4.78 is 0. The molecule has 0 heterocycles. The van der Waals surface area contributed by atoms with E-state index in [1.807, 2.05) is 60.7 Å². The Bertz CT molecular complexity index is 893. The van der Waals surface area contributed by atoms with Crippen molar-refractivity contribution in [2.45, 2.75) is 33.1 Å². The van der Waals surface area contributed by atoms with Gasteiger partial charge in [0.05, 0.1) is 22.7 Å². The molecule has 3 rings (SSSR count). The molecule has 0 amide bonds. The number of nitrogens with zero attached hydrogens (tertiary/aromatic N) is 4. The minimum Gasteiger partial charge on any atom is -0.151 e. The minimum absolute atomic E-state index is 0.787. The number of benzene rings is 3. The van der Waals surface area contributed by atoms with Crippen LogP contribution in [0, 0.1) is 6.92 Å². The first kappa shape index (κ1) is 18.6. The maximum absolute atomic E-state index is 4.30. The largest absolute Gasteiger partial charge is 0.151 e. The highest BCUT2D eigenvalue weighted by atomic mass is 15.1. The van der Waals surface area contributed by atoms with Crippen molar-refractivity contribution in [3.63, 3.8) is 0 Å². The monoisotopic (exact) mass is 356 g/mol. The Hall–Kier alpha value is -3.14. The summed E-state index contributed by atoms with van der Waals surface area (Å²) in [7, 11) is 0. The van der Waals surface area contributed by atoms with Gasteiger partial charge in [-0.05, 0) is 73.9 Å². The molecule has 0 aliphatic heterocycles. The predicted molar refractivity (Wildman–Crippen MR) is 111 cm³/mol. The number of aryl methyl sites for hydroxylation is 2. The van der Waals surface area contributed by atoms with E-state index in [4.69, 9.17) is 0 Å². The molecular formula is C23H24N4. The summed E-state index contributed by atoms with van der Waals surface area (Å²) in [6.07, 6.45) is 3.54. The van der Waals surface area contributed by atoms with E-state index in [-0.39, 0.29) is 0 Å². The molecule has 0 saturated carbocycles. The van der Waals surface area contributed by atoms with E-state index in [1.165, 1.54) is 24.0 Å². The molecule has 0 N–H and O–H groups in total. The first-order chi connectivity index (χ1) is 13.2. The van der Waals surface area contributed by atoms with Gasteiger partial charge in [0.15, 0.2) is 0 Å². The molecule has 0 aliphatic rings. The van der Waals surface area contributed by atoms with Gasteiger partial charge in [-0.15, -0.1) is 0 Å². The van der Waals surface area contributed by atoms with Crippen LogP contribution < -0.4 is 0 Å². The molecule has 0 saturated heterocycles. The smallest absolute Gasteiger partial charge is 0.0858 e. The average molecular weight is 356 g/mol. The maximum atomic E-state index is 4.30. The van der Waals surface area contributed by atoms with Crippen molar-refractivity contribution >= 4 is 22.7 Å². The van der Waals surface area contributed by atoms with Crippen LogP contribution in [-0.4, -0.2) is 0 Å². The van der Waals surface area contributed by atoms with Crippen LogP contribution >= 0.6 is 0 Å². The van der Waals surface area contributed by atoms with E-state index in [0.717, 1.165) is 29.2 Å². The minimum atomic E-state index is 0.787. The van der Waals surface area contributed by atoms with Crippen molar-refractivity contribution in [2.24, 2.45) is 20.5 Å². The molecule has 3 aromatic rings. The summed E-state index contributed by atoms with van der Waals surface area (Å²) in [5.74, 6) is 0. The molecule has 0 aliphatic carbocycles. The van der Waals surface area contributed by atoms with Crippen LogP contribution in [0.15, 0.2) is 93.3 Å². The highest BCUT2D eigenvalue weighted by Gasteiger charge is 1.96. The molecule has 0 aromatic heterocycles. The fraction of sp³-hybridized carbons (Fsp3) is 0.217. The maximum Gasteiger partial charge on any atom is 0.0858 e. The highest BCUT2D eigenvalue weighted by molar-refractivity contribution is 5.48. The van der Waals surface area contributed by atoms with Crippen molar-refractivity contribution in [3.05, 3.63) is 83.9 Å². The fourth-order valence-electron chi connectivity index (χ4n) is 2.54. The predicted octanol–water partition coefficient (Wildman–Crippen LogP) is 8.17. The summed E-state index contributed by atoms with van der Waals surface area (Å²) in [5.41, 5.74) is 5.83. The van der Waals surface area contributed by atoms with Gasteiger partial charge >= 0.3 is 0 Å². The normalized spacial score (nSPS) is 11.5. The van der Waals surface area contributed by atoms with E-state index in [2.05, 4.69) is 46.4 Å². The van der Waals surface area contributed by atoms with E-state index < -0.39 is 0 Å². The Morgan fingerprint density at radius 3 is 1.33 bits per heavy atom. The molecule has 4 nitrogen and oxygen atoms in total. The molecule has 0 spiro atoms. The molecule has 3 aromatic carbocycles. The standard InChI is InChI=1S/C23H24N4/c1-3-4-5-19-8-12-21(13-9-19)25-27-23-16-14-22(15-17-23)26-24-20-10-6-18(2)7-11-20/h6-17H,3-5H2,1-2H3. The molecule has 0 bridgehead atoms. The van der Waals surface area contributed by atoms with Crippen LogP contribution in [0.2, 0.25) is 0 Å². The SMILES string of the molecule is CCCCc1ccc(N=Nc2ccc(N=Nc3ccc(C)cc3)cc2)cc1. The van der Waals surface area contributed by atoms with Crippen molar-refractivity contribution in [1.82, 2.24) is 0 Å². The zero-order valence-electron chi connectivity index (χ0n) is 15.8. The Balaban J connectivity index is 1.59. The summed E-state index contributed by atoms with van der Waals surface area (Å²) in [6.45, 7) is 4.26. The van der Waals surface area contributed by atoms with Gasteiger partial charge in [0.2, 0.25) is 0 Å². The lowest BCUT2D eigenvalue weighted by Gasteiger charge is -2.00.